The summed E-state index contributed by atoms with van der Waals surface area (Å²) in [5.41, 5.74) is 2.75. The number of anilines is 1. The Morgan fingerprint density at radius 2 is 1.80 bits per heavy atom. The minimum atomic E-state index is -0.135. The number of amides is 2. The second-order valence-electron chi connectivity index (χ2n) is 7.31. The van der Waals surface area contributed by atoms with Crippen LogP contribution in [-0.4, -0.2) is 65.8 Å². The molecule has 4 rings (SSSR count). The van der Waals surface area contributed by atoms with Crippen molar-refractivity contribution in [3.63, 3.8) is 0 Å². The van der Waals surface area contributed by atoms with E-state index in [1.54, 1.807) is 26.4 Å². The first-order valence-electron chi connectivity index (χ1n) is 10.0. The van der Waals surface area contributed by atoms with Crippen molar-refractivity contribution in [2.45, 2.75) is 6.54 Å². The molecule has 0 atom stereocenters. The number of imidazole rings is 1. The number of aromatic nitrogens is 2. The maximum atomic E-state index is 12.8. The Morgan fingerprint density at radius 3 is 2.50 bits per heavy atom. The van der Waals surface area contributed by atoms with E-state index in [1.807, 2.05) is 29.2 Å². The first-order chi connectivity index (χ1) is 14.6. The maximum absolute atomic E-state index is 12.8. The average molecular weight is 409 g/mol. The van der Waals surface area contributed by atoms with Crippen molar-refractivity contribution in [3.8, 4) is 11.5 Å². The third-order valence-corrected chi connectivity index (χ3v) is 5.55. The predicted octanol–water partition coefficient (Wildman–Crippen LogP) is 2.94. The normalized spacial score (nSPS) is 14.7. The van der Waals surface area contributed by atoms with E-state index in [2.05, 4.69) is 27.9 Å². The molecule has 0 unspecified atom stereocenters. The fourth-order valence-corrected chi connectivity index (χ4v) is 3.83. The van der Waals surface area contributed by atoms with Crippen LogP contribution in [0.2, 0.25) is 0 Å². The topological polar surface area (TPSA) is 71.9 Å². The Balaban J connectivity index is 1.36. The summed E-state index contributed by atoms with van der Waals surface area (Å²) >= 11 is 0. The molecular formula is C22H27N5O3. The van der Waals surface area contributed by atoms with Gasteiger partial charge in [-0.25, -0.2) is 9.78 Å². The molecule has 1 saturated heterocycles. The molecule has 1 aliphatic heterocycles. The number of methoxy groups -OCH3 is 2. The largest absolute Gasteiger partial charge is 0.493 e. The zero-order chi connectivity index (χ0) is 21.1. The molecule has 8 nitrogen and oxygen atoms in total. The smallest absolute Gasteiger partial charge is 0.322 e. The molecule has 0 aliphatic carbocycles. The van der Waals surface area contributed by atoms with Gasteiger partial charge in [-0.2, -0.15) is 0 Å². The van der Waals surface area contributed by atoms with Gasteiger partial charge in [0.15, 0.2) is 11.5 Å². The van der Waals surface area contributed by atoms with E-state index in [0.717, 1.165) is 36.5 Å². The Kier molecular flexibility index (Phi) is 5.76. The molecule has 2 amide bonds. The molecule has 0 radical (unpaired) electrons. The van der Waals surface area contributed by atoms with Crippen LogP contribution in [0.3, 0.4) is 0 Å². The molecule has 1 aromatic heterocycles. The number of para-hydroxylation sites is 3. The summed E-state index contributed by atoms with van der Waals surface area (Å²) in [7, 11) is 5.19. The number of piperazine rings is 1. The van der Waals surface area contributed by atoms with Crippen LogP contribution in [0.15, 0.2) is 42.5 Å². The number of hydrogen-bond donors (Lipinski definition) is 1. The third-order valence-electron chi connectivity index (χ3n) is 5.55. The van der Waals surface area contributed by atoms with Crippen molar-refractivity contribution in [2.75, 3.05) is 45.7 Å². The predicted molar refractivity (Wildman–Crippen MR) is 116 cm³/mol. The van der Waals surface area contributed by atoms with Crippen LogP contribution in [0.25, 0.3) is 11.0 Å². The molecule has 8 heteroatoms. The standard InChI is InChI=1S/C22H27N5O3/c1-25-18-9-5-4-7-16(18)23-20(25)15-26-11-13-27(14-12-26)22(28)24-17-8-6-10-19(29-2)21(17)30-3/h4-10H,11-15H2,1-3H3,(H,24,28). The molecule has 30 heavy (non-hydrogen) atoms. The van der Waals surface area contributed by atoms with Gasteiger partial charge in [0.1, 0.15) is 5.82 Å². The molecule has 2 aromatic carbocycles. The van der Waals surface area contributed by atoms with Crippen LogP contribution >= 0.6 is 0 Å². The van der Waals surface area contributed by atoms with Crippen molar-refractivity contribution in [3.05, 3.63) is 48.3 Å². The van der Waals surface area contributed by atoms with Crippen LogP contribution in [0.4, 0.5) is 10.5 Å². The Labute approximate surface area is 176 Å². The number of hydrogen-bond acceptors (Lipinski definition) is 5. The monoisotopic (exact) mass is 409 g/mol. The molecule has 0 spiro atoms. The van der Waals surface area contributed by atoms with Crippen molar-refractivity contribution in [1.82, 2.24) is 19.4 Å². The van der Waals surface area contributed by atoms with E-state index in [4.69, 9.17) is 14.5 Å². The number of fused-ring (bicyclic) bond motifs is 1. The number of benzene rings is 2. The second kappa shape index (κ2) is 8.62. The lowest BCUT2D eigenvalue weighted by atomic mass is 10.2. The summed E-state index contributed by atoms with van der Waals surface area (Å²) in [6, 6.07) is 13.5. The fraction of sp³-hybridized carbons (Fsp3) is 0.364. The van der Waals surface area contributed by atoms with Gasteiger partial charge in [-0.3, -0.25) is 4.90 Å². The molecule has 158 valence electrons. The number of carbonyl (C=O) groups excluding carboxylic acids is 1. The minimum Gasteiger partial charge on any atom is -0.493 e. The number of aryl methyl sites for hydroxylation is 1. The Morgan fingerprint density at radius 1 is 1.03 bits per heavy atom. The van der Waals surface area contributed by atoms with E-state index in [1.165, 1.54) is 0 Å². The van der Waals surface area contributed by atoms with Gasteiger partial charge in [-0.1, -0.05) is 18.2 Å². The molecule has 1 aliphatic rings. The summed E-state index contributed by atoms with van der Waals surface area (Å²) < 4.78 is 12.8. The van der Waals surface area contributed by atoms with Crippen LogP contribution < -0.4 is 14.8 Å². The average Bonchev–Trinajstić information content (AvgIpc) is 3.09. The molecular weight excluding hydrogens is 382 g/mol. The molecule has 0 saturated carbocycles. The number of nitrogens with one attached hydrogen (secondary N) is 1. The lowest BCUT2D eigenvalue weighted by Gasteiger charge is -2.34. The highest BCUT2D eigenvalue weighted by atomic mass is 16.5. The van der Waals surface area contributed by atoms with E-state index in [0.29, 0.717) is 30.3 Å². The molecule has 1 N–H and O–H groups in total. The minimum absolute atomic E-state index is 0.135. The molecule has 1 fully saturated rings. The first kappa shape index (κ1) is 20.0. The van der Waals surface area contributed by atoms with E-state index in [9.17, 15) is 4.79 Å². The van der Waals surface area contributed by atoms with Crippen LogP contribution in [0.5, 0.6) is 11.5 Å². The zero-order valence-electron chi connectivity index (χ0n) is 17.6. The third kappa shape index (κ3) is 3.91. The molecule has 3 aromatic rings. The van der Waals surface area contributed by atoms with Crippen molar-refractivity contribution in [1.29, 1.82) is 0 Å². The van der Waals surface area contributed by atoms with Crippen LogP contribution in [-0.2, 0) is 13.6 Å². The van der Waals surface area contributed by atoms with Crippen molar-refractivity contribution < 1.29 is 14.3 Å². The number of nitrogens with zero attached hydrogens (tertiary/aromatic N) is 4. The highest BCUT2D eigenvalue weighted by Crippen LogP contribution is 2.34. The number of rotatable bonds is 5. The maximum Gasteiger partial charge on any atom is 0.322 e. The van der Waals surface area contributed by atoms with Gasteiger partial charge >= 0.3 is 6.03 Å². The van der Waals surface area contributed by atoms with Gasteiger partial charge < -0.3 is 24.3 Å². The second-order valence-corrected chi connectivity index (χ2v) is 7.31. The highest BCUT2D eigenvalue weighted by molar-refractivity contribution is 5.91. The Bertz CT molecular complexity index is 1040. The van der Waals surface area contributed by atoms with E-state index >= 15 is 0 Å². The van der Waals surface area contributed by atoms with Gasteiger partial charge in [-0.15, -0.1) is 0 Å². The lowest BCUT2D eigenvalue weighted by Crippen LogP contribution is -2.49. The summed E-state index contributed by atoms with van der Waals surface area (Å²) in [4.78, 5) is 21.7. The quantitative estimate of drug-likeness (QED) is 0.702. The molecule has 0 bridgehead atoms. The van der Waals surface area contributed by atoms with Gasteiger partial charge in [0.2, 0.25) is 0 Å². The Hall–Kier alpha value is -3.26. The number of urea groups is 1. The van der Waals surface area contributed by atoms with E-state index in [-0.39, 0.29) is 6.03 Å². The van der Waals surface area contributed by atoms with Crippen LogP contribution in [0, 0.1) is 0 Å². The van der Waals surface area contributed by atoms with Gasteiger partial charge in [0.25, 0.3) is 0 Å². The first-order valence-corrected chi connectivity index (χ1v) is 10.0. The summed E-state index contributed by atoms with van der Waals surface area (Å²) in [5, 5.41) is 2.94. The van der Waals surface area contributed by atoms with Gasteiger partial charge in [0, 0.05) is 33.2 Å². The number of ether oxygens (including phenoxy) is 2. The number of carbonyl (C=O) groups is 1. The highest BCUT2D eigenvalue weighted by Gasteiger charge is 2.23. The lowest BCUT2D eigenvalue weighted by molar-refractivity contribution is 0.140. The van der Waals surface area contributed by atoms with Crippen LogP contribution in [0.1, 0.15) is 5.82 Å². The summed E-state index contributed by atoms with van der Waals surface area (Å²) in [6.45, 7) is 3.67. The summed E-state index contributed by atoms with van der Waals surface area (Å²) in [5.74, 6) is 2.15. The van der Waals surface area contributed by atoms with Crippen molar-refractivity contribution >= 4 is 22.8 Å². The molecule has 2 heterocycles. The van der Waals surface area contributed by atoms with Crippen molar-refractivity contribution in [2.24, 2.45) is 7.05 Å². The van der Waals surface area contributed by atoms with Gasteiger partial charge in [0.05, 0.1) is 37.5 Å². The zero-order valence-corrected chi connectivity index (χ0v) is 17.6. The summed E-state index contributed by atoms with van der Waals surface area (Å²) in [6.07, 6.45) is 0. The fourth-order valence-electron chi connectivity index (χ4n) is 3.83. The van der Waals surface area contributed by atoms with E-state index < -0.39 is 0 Å². The van der Waals surface area contributed by atoms with Gasteiger partial charge in [-0.05, 0) is 24.3 Å². The SMILES string of the molecule is COc1cccc(NC(=O)N2CCN(Cc3nc4ccccc4n3C)CC2)c1OC.